The second-order valence-corrected chi connectivity index (χ2v) is 4.51. The maximum Gasteiger partial charge on any atom is 0.120 e. The van der Waals surface area contributed by atoms with Gasteiger partial charge in [-0.2, -0.15) is 5.10 Å². The first-order valence-corrected chi connectivity index (χ1v) is 6.21. The van der Waals surface area contributed by atoms with Crippen molar-refractivity contribution in [1.29, 1.82) is 0 Å². The molecule has 0 radical (unpaired) electrons. The molecule has 2 aromatic rings. The van der Waals surface area contributed by atoms with Crippen LogP contribution >= 0.6 is 0 Å². The molecule has 1 heterocycles. The summed E-state index contributed by atoms with van der Waals surface area (Å²) < 4.78 is 7.04. The summed E-state index contributed by atoms with van der Waals surface area (Å²) in [5.74, 6) is 0.839. The third-order valence-corrected chi connectivity index (χ3v) is 3.26. The minimum atomic E-state index is 0.0980. The van der Waals surface area contributed by atoms with Crippen molar-refractivity contribution in [2.75, 3.05) is 25.6 Å². The Bertz CT molecular complexity index is 538. The van der Waals surface area contributed by atoms with Crippen molar-refractivity contribution in [1.82, 2.24) is 9.78 Å². The van der Waals surface area contributed by atoms with E-state index < -0.39 is 0 Å². The fraction of sp³-hybridized carbons (Fsp3) is 0.357. The van der Waals surface area contributed by atoms with Crippen molar-refractivity contribution < 1.29 is 4.74 Å². The van der Waals surface area contributed by atoms with Crippen LogP contribution in [0.2, 0.25) is 0 Å². The van der Waals surface area contributed by atoms with Crippen LogP contribution in [0, 0.1) is 0 Å². The lowest BCUT2D eigenvalue weighted by molar-refractivity contribution is 0.414. The van der Waals surface area contributed by atoms with Gasteiger partial charge in [0.2, 0.25) is 0 Å². The molecule has 0 bridgehead atoms. The summed E-state index contributed by atoms with van der Waals surface area (Å²) in [5.41, 5.74) is 8.09. The fourth-order valence-corrected chi connectivity index (χ4v) is 2.14. The van der Waals surface area contributed by atoms with Gasteiger partial charge in [0.15, 0.2) is 0 Å². The molecular weight excluding hydrogens is 240 g/mol. The van der Waals surface area contributed by atoms with Gasteiger partial charge in [0.05, 0.1) is 19.3 Å². The van der Waals surface area contributed by atoms with E-state index in [2.05, 4.69) is 10.00 Å². The number of nitrogens with two attached hydrogens (primary N) is 1. The molecule has 0 aliphatic carbocycles. The highest BCUT2D eigenvalue weighted by Gasteiger charge is 2.17. The van der Waals surface area contributed by atoms with E-state index in [0.29, 0.717) is 6.54 Å². The predicted molar refractivity (Wildman–Crippen MR) is 76.4 cm³/mol. The molecule has 102 valence electrons. The van der Waals surface area contributed by atoms with Gasteiger partial charge in [-0.3, -0.25) is 4.68 Å². The standard InChI is InChI=1S/C14H20N4O/c1-17-10-11(9-16-17)14(8-15)18(2)12-5-4-6-13(7-12)19-3/h4-7,9-10,14H,8,15H2,1-3H3. The SMILES string of the molecule is COc1cccc(N(C)C(CN)c2cnn(C)c2)c1. The fourth-order valence-electron chi connectivity index (χ4n) is 2.14. The molecule has 1 aromatic carbocycles. The van der Waals surface area contributed by atoms with Crippen molar-refractivity contribution in [2.45, 2.75) is 6.04 Å². The second kappa shape index (κ2) is 5.75. The average Bonchev–Trinajstić information content (AvgIpc) is 2.86. The minimum absolute atomic E-state index is 0.0980. The number of hydrogen-bond acceptors (Lipinski definition) is 4. The van der Waals surface area contributed by atoms with E-state index in [1.165, 1.54) is 0 Å². The third-order valence-electron chi connectivity index (χ3n) is 3.26. The summed E-state index contributed by atoms with van der Waals surface area (Å²) in [6, 6.07) is 8.04. The normalized spacial score (nSPS) is 12.2. The van der Waals surface area contributed by atoms with Crippen LogP contribution in [0.1, 0.15) is 11.6 Å². The van der Waals surface area contributed by atoms with Crippen LogP contribution in [-0.2, 0) is 7.05 Å². The van der Waals surface area contributed by atoms with E-state index in [-0.39, 0.29) is 6.04 Å². The van der Waals surface area contributed by atoms with Crippen LogP contribution in [0.4, 0.5) is 5.69 Å². The zero-order valence-electron chi connectivity index (χ0n) is 11.6. The molecule has 0 aliphatic rings. The highest BCUT2D eigenvalue weighted by atomic mass is 16.5. The van der Waals surface area contributed by atoms with Crippen molar-refractivity contribution in [3.8, 4) is 5.75 Å². The van der Waals surface area contributed by atoms with Gasteiger partial charge in [0.1, 0.15) is 5.75 Å². The van der Waals surface area contributed by atoms with E-state index in [0.717, 1.165) is 17.0 Å². The first-order chi connectivity index (χ1) is 9.15. The van der Waals surface area contributed by atoms with Gasteiger partial charge in [-0.05, 0) is 12.1 Å². The Morgan fingerprint density at radius 3 is 2.84 bits per heavy atom. The maximum atomic E-state index is 5.91. The van der Waals surface area contributed by atoms with E-state index in [9.17, 15) is 0 Å². The Hall–Kier alpha value is -2.01. The number of hydrogen-bond donors (Lipinski definition) is 1. The van der Waals surface area contributed by atoms with E-state index >= 15 is 0 Å². The Balaban J connectivity index is 2.27. The topological polar surface area (TPSA) is 56.3 Å². The highest BCUT2D eigenvalue weighted by molar-refractivity contribution is 5.52. The lowest BCUT2D eigenvalue weighted by atomic mass is 10.1. The van der Waals surface area contributed by atoms with E-state index in [4.69, 9.17) is 10.5 Å². The molecule has 1 aromatic heterocycles. The van der Waals surface area contributed by atoms with Crippen molar-refractivity contribution >= 4 is 5.69 Å². The van der Waals surface area contributed by atoms with Gasteiger partial charge in [0.25, 0.3) is 0 Å². The van der Waals surface area contributed by atoms with Crippen molar-refractivity contribution in [2.24, 2.45) is 12.8 Å². The van der Waals surface area contributed by atoms with Crippen LogP contribution in [-0.4, -0.2) is 30.5 Å². The summed E-state index contributed by atoms with van der Waals surface area (Å²) in [4.78, 5) is 2.14. The molecule has 0 spiro atoms. The first-order valence-electron chi connectivity index (χ1n) is 6.21. The Morgan fingerprint density at radius 1 is 1.47 bits per heavy atom. The van der Waals surface area contributed by atoms with Gasteiger partial charge in [-0.1, -0.05) is 6.07 Å². The molecule has 0 fully saturated rings. The number of likely N-dealkylation sites (N-methyl/N-ethyl adjacent to an activating group) is 1. The van der Waals surface area contributed by atoms with E-state index in [1.54, 1.807) is 11.8 Å². The molecule has 0 saturated carbocycles. The number of methoxy groups -OCH3 is 1. The number of nitrogens with zero attached hydrogens (tertiary/aromatic N) is 3. The first kappa shape index (κ1) is 13.4. The highest BCUT2D eigenvalue weighted by Crippen LogP contribution is 2.27. The van der Waals surface area contributed by atoms with Gasteiger partial charge >= 0.3 is 0 Å². The monoisotopic (exact) mass is 260 g/mol. The molecule has 19 heavy (non-hydrogen) atoms. The molecular formula is C14H20N4O. The van der Waals surface area contributed by atoms with Crippen LogP contribution in [0.5, 0.6) is 5.75 Å². The zero-order valence-corrected chi connectivity index (χ0v) is 11.6. The summed E-state index contributed by atoms with van der Waals surface area (Å²) in [7, 11) is 5.60. The lowest BCUT2D eigenvalue weighted by Crippen LogP contribution is -2.30. The quantitative estimate of drug-likeness (QED) is 0.886. The van der Waals surface area contributed by atoms with E-state index in [1.807, 2.05) is 50.8 Å². The number of rotatable bonds is 5. The zero-order chi connectivity index (χ0) is 13.8. The van der Waals surface area contributed by atoms with Gasteiger partial charge in [0, 0.05) is 44.2 Å². The summed E-state index contributed by atoms with van der Waals surface area (Å²) in [6.45, 7) is 0.527. The number of aryl methyl sites for hydroxylation is 1. The molecule has 5 heteroatoms. The smallest absolute Gasteiger partial charge is 0.120 e. The van der Waals surface area contributed by atoms with Crippen LogP contribution < -0.4 is 15.4 Å². The number of benzene rings is 1. The number of aromatic nitrogens is 2. The molecule has 1 atom stereocenters. The molecule has 2 rings (SSSR count). The average molecular weight is 260 g/mol. The number of ether oxygens (including phenoxy) is 1. The molecule has 1 unspecified atom stereocenters. The lowest BCUT2D eigenvalue weighted by Gasteiger charge is -2.28. The second-order valence-electron chi connectivity index (χ2n) is 4.51. The molecule has 5 nitrogen and oxygen atoms in total. The summed E-state index contributed by atoms with van der Waals surface area (Å²) in [5, 5.41) is 4.21. The van der Waals surface area contributed by atoms with Gasteiger partial charge < -0.3 is 15.4 Å². The molecule has 0 amide bonds. The Kier molecular flexibility index (Phi) is 4.06. The van der Waals surface area contributed by atoms with Crippen LogP contribution in [0.15, 0.2) is 36.7 Å². The largest absolute Gasteiger partial charge is 0.497 e. The van der Waals surface area contributed by atoms with Crippen molar-refractivity contribution in [3.63, 3.8) is 0 Å². The number of anilines is 1. The summed E-state index contributed by atoms with van der Waals surface area (Å²) in [6.07, 6.45) is 3.85. The minimum Gasteiger partial charge on any atom is -0.497 e. The Morgan fingerprint density at radius 2 is 2.26 bits per heavy atom. The third kappa shape index (κ3) is 2.88. The Labute approximate surface area is 113 Å². The maximum absolute atomic E-state index is 5.91. The van der Waals surface area contributed by atoms with Crippen LogP contribution in [0.25, 0.3) is 0 Å². The van der Waals surface area contributed by atoms with Crippen molar-refractivity contribution in [3.05, 3.63) is 42.2 Å². The molecule has 2 N–H and O–H groups in total. The predicted octanol–water partition coefficient (Wildman–Crippen LogP) is 1.56. The van der Waals surface area contributed by atoms with Gasteiger partial charge in [-0.15, -0.1) is 0 Å². The molecule has 0 aliphatic heterocycles. The molecule has 0 saturated heterocycles. The van der Waals surface area contributed by atoms with Gasteiger partial charge in [-0.25, -0.2) is 0 Å². The van der Waals surface area contributed by atoms with Crippen LogP contribution in [0.3, 0.4) is 0 Å². The summed E-state index contributed by atoms with van der Waals surface area (Å²) >= 11 is 0.